The number of fused-ring (bicyclic) bond motifs is 1. The van der Waals surface area contributed by atoms with E-state index in [4.69, 9.17) is 0 Å². The fourth-order valence-electron chi connectivity index (χ4n) is 3.62. The second-order valence-corrected chi connectivity index (χ2v) is 8.36. The molecule has 0 saturated carbocycles. The normalized spacial score (nSPS) is 19.6. The average molecular weight is 417 g/mol. The summed E-state index contributed by atoms with van der Waals surface area (Å²) in [5.41, 5.74) is 1.84. The summed E-state index contributed by atoms with van der Waals surface area (Å²) in [5.74, 6) is 0.895. The van der Waals surface area contributed by atoms with Crippen LogP contribution in [-0.4, -0.2) is 35.4 Å². The molecule has 2 aromatic heterocycles. The number of pyridine rings is 1. The fraction of sp³-hybridized carbons (Fsp3) is 0.389. The third kappa shape index (κ3) is 3.16. The van der Waals surface area contributed by atoms with Crippen LogP contribution in [0.2, 0.25) is 0 Å². The number of nitriles is 1. The molecule has 0 bridgehead atoms. The number of hydrogen-bond acceptors (Lipinski definition) is 5. The molecule has 2 aromatic rings. The van der Waals surface area contributed by atoms with E-state index in [-0.39, 0.29) is 11.8 Å². The molecule has 4 heterocycles. The first-order chi connectivity index (χ1) is 12.2. The molecular weight excluding hydrogens is 400 g/mol. The summed E-state index contributed by atoms with van der Waals surface area (Å²) in [7, 11) is 0. The van der Waals surface area contributed by atoms with Gasteiger partial charge in [-0.3, -0.25) is 4.79 Å². The molecule has 4 rings (SSSR count). The molecule has 2 aliphatic rings. The first-order valence-electron chi connectivity index (χ1n) is 8.30. The van der Waals surface area contributed by atoms with Crippen molar-refractivity contribution in [2.75, 3.05) is 24.5 Å². The minimum atomic E-state index is -0.0165. The minimum Gasteiger partial charge on any atom is -0.355 e. The van der Waals surface area contributed by atoms with Crippen LogP contribution in [0.3, 0.4) is 0 Å². The van der Waals surface area contributed by atoms with Crippen molar-refractivity contribution in [3.05, 3.63) is 44.2 Å². The Morgan fingerprint density at radius 1 is 1.44 bits per heavy atom. The molecule has 128 valence electrons. The first-order valence-corrected chi connectivity index (χ1v) is 9.97. The van der Waals surface area contributed by atoms with Crippen LogP contribution in [0.25, 0.3) is 0 Å². The molecule has 0 spiro atoms. The van der Waals surface area contributed by atoms with Gasteiger partial charge in [0.15, 0.2) is 0 Å². The van der Waals surface area contributed by atoms with Gasteiger partial charge in [-0.15, -0.1) is 11.3 Å². The summed E-state index contributed by atoms with van der Waals surface area (Å²) >= 11 is 5.14. The third-order valence-corrected chi connectivity index (χ3v) is 6.37. The summed E-state index contributed by atoms with van der Waals surface area (Å²) in [5, 5.41) is 11.5. The van der Waals surface area contributed by atoms with Crippen molar-refractivity contribution in [3.8, 4) is 6.07 Å². The van der Waals surface area contributed by atoms with E-state index in [1.165, 1.54) is 10.4 Å². The Morgan fingerprint density at radius 3 is 3.16 bits per heavy atom. The fourth-order valence-corrected chi connectivity index (χ4v) is 4.84. The second-order valence-electron chi connectivity index (χ2n) is 6.45. The number of carbonyl (C=O) groups is 1. The molecule has 0 radical (unpaired) electrons. The van der Waals surface area contributed by atoms with Gasteiger partial charge in [-0.05, 0) is 51.8 Å². The predicted octanol–water partition coefficient (Wildman–Crippen LogP) is 3.19. The maximum Gasteiger partial charge on any atom is 0.227 e. The van der Waals surface area contributed by atoms with Crippen LogP contribution >= 0.6 is 27.3 Å². The Hall–Kier alpha value is -1.91. The third-order valence-electron chi connectivity index (χ3n) is 4.91. The number of halogens is 1. The van der Waals surface area contributed by atoms with Crippen LogP contribution < -0.4 is 4.90 Å². The number of hydrogen-bond donors (Lipinski definition) is 0. The highest BCUT2D eigenvalue weighted by atomic mass is 79.9. The number of aromatic nitrogens is 1. The lowest BCUT2D eigenvalue weighted by Crippen LogP contribution is -2.40. The molecule has 5 nitrogen and oxygen atoms in total. The van der Waals surface area contributed by atoms with Crippen molar-refractivity contribution >= 4 is 39.0 Å². The van der Waals surface area contributed by atoms with E-state index < -0.39 is 0 Å². The van der Waals surface area contributed by atoms with Crippen LogP contribution in [0.5, 0.6) is 0 Å². The molecule has 0 aliphatic carbocycles. The van der Waals surface area contributed by atoms with Gasteiger partial charge in [0.05, 0.1) is 11.5 Å². The lowest BCUT2D eigenvalue weighted by Gasteiger charge is -2.29. The van der Waals surface area contributed by atoms with Gasteiger partial charge in [0, 0.05) is 41.7 Å². The van der Waals surface area contributed by atoms with Crippen LogP contribution in [0.15, 0.2) is 28.2 Å². The maximum absolute atomic E-state index is 12.9. The van der Waals surface area contributed by atoms with Gasteiger partial charge in [-0.25, -0.2) is 4.98 Å². The van der Waals surface area contributed by atoms with Crippen LogP contribution in [-0.2, 0) is 17.8 Å². The van der Waals surface area contributed by atoms with E-state index in [0.717, 1.165) is 36.9 Å². The molecule has 25 heavy (non-hydrogen) atoms. The molecule has 0 aromatic carbocycles. The van der Waals surface area contributed by atoms with Gasteiger partial charge in [-0.2, -0.15) is 5.26 Å². The van der Waals surface area contributed by atoms with Gasteiger partial charge < -0.3 is 9.80 Å². The number of nitrogens with zero attached hydrogens (tertiary/aromatic N) is 4. The van der Waals surface area contributed by atoms with E-state index in [0.29, 0.717) is 17.9 Å². The number of thiophene rings is 1. The van der Waals surface area contributed by atoms with Crippen LogP contribution in [0, 0.1) is 17.2 Å². The highest BCUT2D eigenvalue weighted by Gasteiger charge is 2.34. The summed E-state index contributed by atoms with van der Waals surface area (Å²) in [6, 6.07) is 6.11. The van der Waals surface area contributed by atoms with Gasteiger partial charge in [0.1, 0.15) is 11.9 Å². The van der Waals surface area contributed by atoms with Gasteiger partial charge >= 0.3 is 0 Å². The van der Waals surface area contributed by atoms with Gasteiger partial charge in [-0.1, -0.05) is 0 Å². The van der Waals surface area contributed by atoms with Crippen LogP contribution in [0.4, 0.5) is 5.82 Å². The SMILES string of the molecule is N#Cc1cc(Br)cnc1N1CCC(C(=O)N2CCc3sccc3C2)C1. The zero-order valence-electron chi connectivity index (χ0n) is 13.6. The number of anilines is 1. The molecular formula is C18H17BrN4OS. The zero-order chi connectivity index (χ0) is 17.4. The quantitative estimate of drug-likeness (QED) is 0.753. The van der Waals surface area contributed by atoms with Crippen molar-refractivity contribution in [2.45, 2.75) is 19.4 Å². The number of rotatable bonds is 2. The minimum absolute atomic E-state index is 0.0165. The summed E-state index contributed by atoms with van der Waals surface area (Å²) < 4.78 is 0.791. The molecule has 1 atom stereocenters. The van der Waals surface area contributed by atoms with Crippen LogP contribution in [0.1, 0.15) is 22.4 Å². The monoisotopic (exact) mass is 416 g/mol. The Bertz CT molecular complexity index is 859. The highest BCUT2D eigenvalue weighted by Crippen LogP contribution is 2.30. The standard InChI is InChI=1S/C18H17BrN4OS/c19-15-7-14(8-20)17(21-9-15)22-4-1-13(11-22)18(24)23-5-2-16-12(10-23)3-6-25-16/h3,6-7,9,13H,1-2,4-5,10-11H2. The first kappa shape index (κ1) is 16.6. The Labute approximate surface area is 159 Å². The summed E-state index contributed by atoms with van der Waals surface area (Å²) in [4.78, 5) is 22.8. The lowest BCUT2D eigenvalue weighted by molar-refractivity contribution is -0.135. The molecule has 1 unspecified atom stereocenters. The highest BCUT2D eigenvalue weighted by molar-refractivity contribution is 9.10. The average Bonchev–Trinajstić information content (AvgIpc) is 3.29. The van der Waals surface area contributed by atoms with E-state index >= 15 is 0 Å². The van der Waals surface area contributed by atoms with Crippen molar-refractivity contribution in [2.24, 2.45) is 5.92 Å². The zero-order valence-corrected chi connectivity index (χ0v) is 16.0. The van der Waals surface area contributed by atoms with E-state index in [2.05, 4.69) is 43.3 Å². The van der Waals surface area contributed by atoms with Crippen molar-refractivity contribution < 1.29 is 4.79 Å². The van der Waals surface area contributed by atoms with E-state index in [1.807, 2.05) is 4.90 Å². The Morgan fingerprint density at radius 2 is 2.32 bits per heavy atom. The molecule has 1 amide bonds. The molecule has 7 heteroatoms. The largest absolute Gasteiger partial charge is 0.355 e. The van der Waals surface area contributed by atoms with Crippen molar-refractivity contribution in [3.63, 3.8) is 0 Å². The van der Waals surface area contributed by atoms with Gasteiger partial charge in [0.2, 0.25) is 5.91 Å². The summed E-state index contributed by atoms with van der Waals surface area (Å²) in [6.45, 7) is 2.93. The van der Waals surface area contributed by atoms with Gasteiger partial charge in [0.25, 0.3) is 0 Å². The smallest absolute Gasteiger partial charge is 0.227 e. The van der Waals surface area contributed by atoms with Crippen molar-refractivity contribution in [1.82, 2.24) is 9.88 Å². The van der Waals surface area contributed by atoms with E-state index in [9.17, 15) is 10.1 Å². The Balaban J connectivity index is 1.46. The summed E-state index contributed by atoms with van der Waals surface area (Å²) in [6.07, 6.45) is 3.48. The lowest BCUT2D eigenvalue weighted by atomic mass is 10.0. The second kappa shape index (κ2) is 6.77. The van der Waals surface area contributed by atoms with Crippen molar-refractivity contribution in [1.29, 1.82) is 5.26 Å². The van der Waals surface area contributed by atoms with E-state index in [1.54, 1.807) is 23.6 Å². The number of amides is 1. The molecule has 1 saturated heterocycles. The molecule has 2 aliphatic heterocycles. The number of carbonyl (C=O) groups excluding carboxylic acids is 1. The molecule has 0 N–H and O–H groups in total. The Kier molecular flexibility index (Phi) is 4.48. The topological polar surface area (TPSA) is 60.2 Å². The predicted molar refractivity (Wildman–Crippen MR) is 100 cm³/mol. The molecule has 1 fully saturated rings. The maximum atomic E-state index is 12.9.